The fourth-order valence-corrected chi connectivity index (χ4v) is 3.59. The lowest BCUT2D eigenvalue weighted by Crippen LogP contribution is -2.27. The number of oxazole rings is 1. The van der Waals surface area contributed by atoms with Crippen molar-refractivity contribution in [3.8, 4) is 11.5 Å². The van der Waals surface area contributed by atoms with Gasteiger partial charge in [0.25, 0.3) is 5.91 Å². The van der Waals surface area contributed by atoms with Crippen LogP contribution < -0.4 is 10.6 Å². The summed E-state index contributed by atoms with van der Waals surface area (Å²) in [5.41, 5.74) is 0.249. The number of hydrogen-bond acceptors (Lipinski definition) is 6. The maximum Gasteiger partial charge on any atom is 0.412 e. The Morgan fingerprint density at radius 2 is 1.81 bits per heavy atom. The molecule has 4 aromatic rings. The molecule has 2 heterocycles. The van der Waals surface area contributed by atoms with Crippen molar-refractivity contribution in [1.29, 1.82) is 0 Å². The number of carbonyl (C=O) groups excluding carboxylic acids is 2. The number of aromatic nitrogens is 2. The highest BCUT2D eigenvalue weighted by Gasteiger charge is 2.21. The molecule has 0 bridgehead atoms. The molecule has 0 fully saturated rings. The number of anilines is 2. The first-order valence-corrected chi connectivity index (χ1v) is 11.2. The Hall–Kier alpha value is -4.12. The maximum atomic E-state index is 14.5. The Bertz CT molecular complexity index is 1550. The van der Waals surface area contributed by atoms with Crippen LogP contribution in [0.4, 0.5) is 29.3 Å². The van der Waals surface area contributed by atoms with E-state index in [0.717, 1.165) is 24.3 Å². The Kier molecular flexibility index (Phi) is 6.83. The third-order valence-corrected chi connectivity index (χ3v) is 5.39. The number of nitrogens with one attached hydrogen (secondary N) is 2. The van der Waals surface area contributed by atoms with Crippen molar-refractivity contribution in [2.75, 3.05) is 10.6 Å². The number of hydrogen-bond donors (Lipinski definition) is 2. The molecule has 2 amide bonds. The van der Waals surface area contributed by atoms with E-state index in [9.17, 15) is 22.8 Å². The molecule has 37 heavy (non-hydrogen) atoms. The lowest BCUT2D eigenvalue weighted by atomic mass is 10.1. The second kappa shape index (κ2) is 9.74. The topological polar surface area (TPSA) is 106 Å². The van der Waals surface area contributed by atoms with Gasteiger partial charge in [-0.15, -0.1) is 0 Å². The van der Waals surface area contributed by atoms with Crippen molar-refractivity contribution in [3.05, 3.63) is 70.1 Å². The summed E-state index contributed by atoms with van der Waals surface area (Å²) >= 11 is 5.76. The maximum absolute atomic E-state index is 14.5. The molecule has 0 unspecified atom stereocenters. The average Bonchev–Trinajstić information content (AvgIpc) is 3.21. The van der Waals surface area contributed by atoms with Crippen LogP contribution in [-0.2, 0) is 4.74 Å². The minimum Gasteiger partial charge on any atom is -0.444 e. The van der Waals surface area contributed by atoms with Crippen molar-refractivity contribution in [2.24, 2.45) is 0 Å². The van der Waals surface area contributed by atoms with Crippen LogP contribution in [0.2, 0.25) is 5.02 Å². The smallest absolute Gasteiger partial charge is 0.412 e. The van der Waals surface area contributed by atoms with Gasteiger partial charge in [-0.2, -0.15) is 4.98 Å². The van der Waals surface area contributed by atoms with Crippen molar-refractivity contribution in [2.45, 2.75) is 33.3 Å². The molecule has 0 spiro atoms. The molecule has 2 N–H and O–H groups in total. The molecule has 0 atom stereocenters. The summed E-state index contributed by atoms with van der Waals surface area (Å²) in [5.74, 6) is -4.18. The second-order valence-electron chi connectivity index (χ2n) is 8.99. The van der Waals surface area contributed by atoms with E-state index in [0.29, 0.717) is 5.56 Å². The molecule has 0 aliphatic rings. The Morgan fingerprint density at radius 3 is 2.51 bits per heavy atom. The number of benzene rings is 2. The standard InChI is InChI=1S/C25H20ClF3N4O4/c1-11-15(7-12(27)8-17(11)32-22(34)14-5-6-16(28)20(29)19(14)26)23-33-21-18(36-23)9-13(10-30-21)31-24(35)37-25(2,3)4/h5-10H,1-4H3,(H,31,35)(H,32,34). The van der Waals surface area contributed by atoms with E-state index in [2.05, 4.69) is 20.6 Å². The Balaban J connectivity index is 1.63. The zero-order chi connectivity index (χ0) is 27.1. The highest BCUT2D eigenvalue weighted by Crippen LogP contribution is 2.33. The minimum atomic E-state index is -1.37. The first kappa shape index (κ1) is 26.0. The quantitative estimate of drug-likeness (QED) is 0.278. The van der Waals surface area contributed by atoms with Crippen LogP contribution in [0.15, 0.2) is 40.9 Å². The van der Waals surface area contributed by atoms with E-state index in [1.165, 1.54) is 12.3 Å². The third-order valence-electron chi connectivity index (χ3n) is 5.02. The monoisotopic (exact) mass is 532 g/mol. The molecule has 2 aromatic carbocycles. The fourth-order valence-electron chi connectivity index (χ4n) is 3.35. The zero-order valence-electron chi connectivity index (χ0n) is 20.0. The highest BCUT2D eigenvalue weighted by atomic mass is 35.5. The van der Waals surface area contributed by atoms with Crippen LogP contribution in [-0.4, -0.2) is 27.6 Å². The summed E-state index contributed by atoms with van der Waals surface area (Å²) in [6.45, 7) is 6.75. The van der Waals surface area contributed by atoms with Gasteiger partial charge in [-0.1, -0.05) is 11.6 Å². The molecule has 12 heteroatoms. The van der Waals surface area contributed by atoms with Crippen molar-refractivity contribution >= 4 is 46.2 Å². The van der Waals surface area contributed by atoms with Crippen molar-refractivity contribution in [3.63, 3.8) is 0 Å². The minimum absolute atomic E-state index is 0.00437. The van der Waals surface area contributed by atoms with Crippen LogP contribution >= 0.6 is 11.6 Å². The van der Waals surface area contributed by atoms with Gasteiger partial charge in [0, 0.05) is 17.3 Å². The van der Waals surface area contributed by atoms with Crippen LogP contribution in [0.3, 0.4) is 0 Å². The van der Waals surface area contributed by atoms with Gasteiger partial charge in [0.2, 0.25) is 5.89 Å². The largest absolute Gasteiger partial charge is 0.444 e. The molecule has 192 valence electrons. The SMILES string of the molecule is Cc1c(NC(=O)c2ccc(F)c(F)c2Cl)cc(F)cc1-c1nc2ncc(NC(=O)OC(C)(C)C)cc2o1. The van der Waals surface area contributed by atoms with Crippen LogP contribution in [0.5, 0.6) is 0 Å². The van der Waals surface area contributed by atoms with Gasteiger partial charge in [-0.25, -0.2) is 22.9 Å². The molecule has 0 aliphatic carbocycles. The molecule has 0 aliphatic heterocycles. The molecule has 4 rings (SSSR count). The van der Waals surface area contributed by atoms with E-state index >= 15 is 0 Å². The highest BCUT2D eigenvalue weighted by molar-refractivity contribution is 6.34. The second-order valence-corrected chi connectivity index (χ2v) is 9.37. The van der Waals surface area contributed by atoms with E-state index in [1.54, 1.807) is 27.7 Å². The van der Waals surface area contributed by atoms with Gasteiger partial charge in [-0.05, 0) is 57.5 Å². The van der Waals surface area contributed by atoms with Crippen LogP contribution in [0.1, 0.15) is 36.7 Å². The Morgan fingerprint density at radius 1 is 1.08 bits per heavy atom. The Labute approximate surface area is 213 Å². The number of pyridine rings is 1. The zero-order valence-corrected chi connectivity index (χ0v) is 20.8. The first-order valence-electron chi connectivity index (χ1n) is 10.8. The summed E-state index contributed by atoms with van der Waals surface area (Å²) in [6.07, 6.45) is 0.671. The van der Waals surface area contributed by atoms with Crippen LogP contribution in [0.25, 0.3) is 22.7 Å². The lowest BCUT2D eigenvalue weighted by Gasteiger charge is -2.19. The number of ether oxygens (including phenoxy) is 1. The van der Waals surface area contributed by atoms with E-state index in [1.807, 2.05) is 0 Å². The van der Waals surface area contributed by atoms with Crippen molar-refractivity contribution < 1.29 is 31.9 Å². The number of rotatable bonds is 4. The molecule has 2 aromatic heterocycles. The number of fused-ring (bicyclic) bond motifs is 1. The summed E-state index contributed by atoms with van der Waals surface area (Å²) in [4.78, 5) is 33.1. The fraction of sp³-hybridized carbons (Fsp3) is 0.200. The molecular formula is C25H20ClF3N4O4. The molecule has 0 radical (unpaired) electrons. The predicted molar refractivity (Wildman–Crippen MR) is 131 cm³/mol. The predicted octanol–water partition coefficient (Wildman–Crippen LogP) is 6.87. The summed E-state index contributed by atoms with van der Waals surface area (Å²) in [5, 5.41) is 4.29. The number of amides is 2. The normalized spacial score (nSPS) is 11.5. The summed E-state index contributed by atoms with van der Waals surface area (Å²) in [7, 11) is 0. The average molecular weight is 533 g/mol. The number of halogens is 4. The van der Waals surface area contributed by atoms with Crippen molar-refractivity contribution in [1.82, 2.24) is 9.97 Å². The van der Waals surface area contributed by atoms with Crippen LogP contribution in [0, 0.1) is 24.4 Å². The number of carbonyl (C=O) groups is 2. The van der Waals surface area contributed by atoms with E-state index in [-0.39, 0.29) is 39.6 Å². The summed E-state index contributed by atoms with van der Waals surface area (Å²) < 4.78 is 52.6. The first-order chi connectivity index (χ1) is 17.3. The van der Waals surface area contributed by atoms with E-state index < -0.39 is 40.1 Å². The molecule has 0 saturated heterocycles. The van der Waals surface area contributed by atoms with Gasteiger partial charge in [0.15, 0.2) is 22.9 Å². The van der Waals surface area contributed by atoms with Gasteiger partial charge >= 0.3 is 6.09 Å². The molecular weight excluding hydrogens is 513 g/mol. The van der Waals surface area contributed by atoms with Gasteiger partial charge in [-0.3, -0.25) is 10.1 Å². The van der Waals surface area contributed by atoms with Gasteiger partial charge in [0.1, 0.15) is 11.4 Å². The lowest BCUT2D eigenvalue weighted by molar-refractivity contribution is 0.0635. The van der Waals surface area contributed by atoms with E-state index in [4.69, 9.17) is 20.8 Å². The number of nitrogens with zero attached hydrogens (tertiary/aromatic N) is 2. The van der Waals surface area contributed by atoms with Gasteiger partial charge < -0.3 is 14.5 Å². The molecule has 0 saturated carbocycles. The van der Waals surface area contributed by atoms with Gasteiger partial charge in [0.05, 0.1) is 22.5 Å². The summed E-state index contributed by atoms with van der Waals surface area (Å²) in [6, 6.07) is 5.46. The third kappa shape index (κ3) is 5.67. The molecule has 8 nitrogen and oxygen atoms in total.